The van der Waals surface area contributed by atoms with Gasteiger partial charge in [-0.25, -0.2) is 0 Å². The molecule has 1 aromatic heterocycles. The topological polar surface area (TPSA) is 45.2 Å². The predicted octanol–water partition coefficient (Wildman–Crippen LogP) is 3.11. The number of H-pyrrole nitrogens is 1. The second-order valence-corrected chi connectivity index (χ2v) is 4.63. The van der Waals surface area contributed by atoms with Crippen molar-refractivity contribution in [2.75, 3.05) is 7.11 Å². The van der Waals surface area contributed by atoms with E-state index in [1.165, 1.54) is 11.1 Å². The van der Waals surface area contributed by atoms with Gasteiger partial charge in [0.15, 0.2) is 0 Å². The first kappa shape index (κ1) is 12.7. The van der Waals surface area contributed by atoms with Gasteiger partial charge in [-0.3, -0.25) is 0 Å². The Kier molecular flexibility index (Phi) is 3.43. The number of ether oxygens (including phenoxy) is 1. The lowest BCUT2D eigenvalue weighted by atomic mass is 10.0. The molecule has 3 heteroatoms. The Morgan fingerprint density at radius 1 is 1.11 bits per heavy atom. The van der Waals surface area contributed by atoms with E-state index in [-0.39, 0.29) is 6.61 Å². The number of nitrogens with one attached hydrogen (secondary N) is 1. The lowest BCUT2D eigenvalue weighted by molar-refractivity contribution is 0.281. The Labute approximate surface area is 107 Å². The van der Waals surface area contributed by atoms with Crippen LogP contribution in [0.2, 0.25) is 0 Å². The van der Waals surface area contributed by atoms with E-state index < -0.39 is 0 Å². The third-order valence-electron chi connectivity index (χ3n) is 3.40. The number of aromatic amines is 1. The van der Waals surface area contributed by atoms with E-state index in [1.54, 1.807) is 7.11 Å². The summed E-state index contributed by atoms with van der Waals surface area (Å²) in [5, 5.41) is 9.25. The summed E-state index contributed by atoms with van der Waals surface area (Å²) in [6.07, 6.45) is 0. The average Bonchev–Trinajstić information content (AvgIpc) is 2.73. The first-order valence-electron chi connectivity index (χ1n) is 6.01. The number of aromatic nitrogens is 1. The van der Waals surface area contributed by atoms with Crippen LogP contribution in [0.1, 0.15) is 22.4 Å². The summed E-state index contributed by atoms with van der Waals surface area (Å²) >= 11 is 0. The maximum Gasteiger partial charge on any atom is 0.128 e. The van der Waals surface area contributed by atoms with Crippen molar-refractivity contribution in [2.45, 2.75) is 27.4 Å². The number of hydrogen-bond donors (Lipinski definition) is 2. The molecule has 0 aliphatic heterocycles. The monoisotopic (exact) mass is 245 g/mol. The molecule has 0 bridgehead atoms. The Hall–Kier alpha value is -1.74. The van der Waals surface area contributed by atoms with Gasteiger partial charge in [0, 0.05) is 17.0 Å². The standard InChI is InChI=1S/C15H19NO2/c1-9-5-13(15(18-4)6-10(9)2)14-7-12(8-17)11(3)16-14/h5-7,16-17H,8H2,1-4H3. The zero-order chi connectivity index (χ0) is 13.3. The molecule has 0 saturated carbocycles. The molecule has 0 saturated heterocycles. The molecule has 0 aliphatic carbocycles. The lowest BCUT2D eigenvalue weighted by Crippen LogP contribution is -1.91. The van der Waals surface area contributed by atoms with E-state index in [2.05, 4.69) is 24.9 Å². The highest BCUT2D eigenvalue weighted by Gasteiger charge is 2.12. The average molecular weight is 245 g/mol. The van der Waals surface area contributed by atoms with Crippen molar-refractivity contribution in [3.8, 4) is 17.0 Å². The van der Waals surface area contributed by atoms with Gasteiger partial charge < -0.3 is 14.8 Å². The number of benzene rings is 1. The van der Waals surface area contributed by atoms with Crippen LogP contribution in [0.25, 0.3) is 11.3 Å². The number of methoxy groups -OCH3 is 1. The van der Waals surface area contributed by atoms with E-state index in [0.29, 0.717) is 0 Å². The largest absolute Gasteiger partial charge is 0.496 e. The minimum Gasteiger partial charge on any atom is -0.496 e. The molecule has 0 radical (unpaired) electrons. The van der Waals surface area contributed by atoms with E-state index in [0.717, 1.165) is 28.3 Å². The second kappa shape index (κ2) is 4.86. The van der Waals surface area contributed by atoms with Crippen LogP contribution >= 0.6 is 0 Å². The lowest BCUT2D eigenvalue weighted by Gasteiger charge is -2.10. The van der Waals surface area contributed by atoms with Crippen molar-refractivity contribution >= 4 is 0 Å². The van der Waals surface area contributed by atoms with Gasteiger partial charge in [0.05, 0.1) is 13.7 Å². The van der Waals surface area contributed by atoms with E-state index in [4.69, 9.17) is 4.74 Å². The van der Waals surface area contributed by atoms with Crippen LogP contribution in [-0.4, -0.2) is 17.2 Å². The molecule has 0 atom stereocenters. The van der Waals surface area contributed by atoms with E-state index in [1.807, 2.05) is 19.1 Å². The smallest absolute Gasteiger partial charge is 0.128 e. The van der Waals surface area contributed by atoms with Gasteiger partial charge in [0.25, 0.3) is 0 Å². The van der Waals surface area contributed by atoms with Crippen molar-refractivity contribution in [3.63, 3.8) is 0 Å². The van der Waals surface area contributed by atoms with Crippen LogP contribution in [0.3, 0.4) is 0 Å². The molecule has 2 N–H and O–H groups in total. The van der Waals surface area contributed by atoms with Gasteiger partial charge in [-0.15, -0.1) is 0 Å². The second-order valence-electron chi connectivity index (χ2n) is 4.63. The SMILES string of the molecule is COc1cc(C)c(C)cc1-c1cc(CO)c(C)[nH]1. The summed E-state index contributed by atoms with van der Waals surface area (Å²) < 4.78 is 5.44. The molecule has 2 rings (SSSR count). The molecule has 1 aromatic carbocycles. The molecular weight excluding hydrogens is 226 g/mol. The highest BCUT2D eigenvalue weighted by Crippen LogP contribution is 2.33. The molecule has 0 fully saturated rings. The molecular formula is C15H19NO2. The van der Waals surface area contributed by atoms with Crippen LogP contribution in [-0.2, 0) is 6.61 Å². The first-order valence-corrected chi connectivity index (χ1v) is 6.01. The van der Waals surface area contributed by atoms with Crippen molar-refractivity contribution in [1.82, 2.24) is 4.98 Å². The number of hydrogen-bond acceptors (Lipinski definition) is 2. The summed E-state index contributed by atoms with van der Waals surface area (Å²) in [7, 11) is 1.68. The first-order chi connectivity index (χ1) is 8.56. The Bertz CT molecular complexity index is 570. The Balaban J connectivity index is 2.58. The number of aliphatic hydroxyl groups excluding tert-OH is 1. The molecule has 1 heterocycles. The molecule has 18 heavy (non-hydrogen) atoms. The van der Waals surface area contributed by atoms with Crippen LogP contribution in [0.15, 0.2) is 18.2 Å². The molecule has 2 aromatic rings. The highest BCUT2D eigenvalue weighted by molar-refractivity contribution is 5.70. The van der Waals surface area contributed by atoms with Gasteiger partial charge in [-0.05, 0) is 55.7 Å². The fraction of sp³-hybridized carbons (Fsp3) is 0.333. The number of rotatable bonds is 3. The summed E-state index contributed by atoms with van der Waals surface area (Å²) in [5.41, 5.74) is 6.36. The molecule has 0 unspecified atom stereocenters. The molecule has 0 aliphatic rings. The minimum absolute atomic E-state index is 0.0511. The maximum atomic E-state index is 9.25. The van der Waals surface area contributed by atoms with Crippen molar-refractivity contribution in [1.29, 1.82) is 0 Å². The number of aryl methyl sites for hydroxylation is 3. The van der Waals surface area contributed by atoms with Crippen LogP contribution in [0, 0.1) is 20.8 Å². The van der Waals surface area contributed by atoms with Gasteiger partial charge in [-0.1, -0.05) is 0 Å². The molecule has 3 nitrogen and oxygen atoms in total. The Morgan fingerprint density at radius 3 is 2.33 bits per heavy atom. The zero-order valence-corrected chi connectivity index (χ0v) is 11.3. The van der Waals surface area contributed by atoms with Crippen LogP contribution < -0.4 is 4.74 Å². The fourth-order valence-electron chi connectivity index (χ4n) is 2.08. The van der Waals surface area contributed by atoms with Crippen molar-refractivity contribution in [3.05, 3.63) is 40.6 Å². The van der Waals surface area contributed by atoms with E-state index in [9.17, 15) is 5.11 Å². The third kappa shape index (κ3) is 2.14. The normalized spacial score (nSPS) is 10.7. The van der Waals surface area contributed by atoms with Gasteiger partial charge in [0.2, 0.25) is 0 Å². The van der Waals surface area contributed by atoms with Crippen LogP contribution in [0.4, 0.5) is 0 Å². The number of aliphatic hydroxyl groups is 1. The summed E-state index contributed by atoms with van der Waals surface area (Å²) in [6, 6.07) is 6.13. The summed E-state index contributed by atoms with van der Waals surface area (Å²) in [5.74, 6) is 0.851. The molecule has 0 spiro atoms. The van der Waals surface area contributed by atoms with Gasteiger partial charge in [-0.2, -0.15) is 0 Å². The van der Waals surface area contributed by atoms with E-state index >= 15 is 0 Å². The highest BCUT2D eigenvalue weighted by atomic mass is 16.5. The predicted molar refractivity (Wildman–Crippen MR) is 72.9 cm³/mol. The van der Waals surface area contributed by atoms with Gasteiger partial charge in [0.1, 0.15) is 5.75 Å². The zero-order valence-electron chi connectivity index (χ0n) is 11.3. The summed E-state index contributed by atoms with van der Waals surface area (Å²) in [4.78, 5) is 3.29. The molecule has 96 valence electrons. The van der Waals surface area contributed by atoms with Crippen molar-refractivity contribution < 1.29 is 9.84 Å². The quantitative estimate of drug-likeness (QED) is 0.872. The Morgan fingerprint density at radius 2 is 1.78 bits per heavy atom. The third-order valence-corrected chi connectivity index (χ3v) is 3.40. The van der Waals surface area contributed by atoms with Crippen molar-refractivity contribution in [2.24, 2.45) is 0 Å². The minimum atomic E-state index is 0.0511. The molecule has 0 amide bonds. The maximum absolute atomic E-state index is 9.25. The summed E-state index contributed by atoms with van der Waals surface area (Å²) in [6.45, 7) is 6.17. The fourth-order valence-corrected chi connectivity index (χ4v) is 2.08. The van der Waals surface area contributed by atoms with Gasteiger partial charge >= 0.3 is 0 Å². The van der Waals surface area contributed by atoms with Crippen LogP contribution in [0.5, 0.6) is 5.75 Å².